The molecule has 1 N–H and O–H groups in total. The Balaban J connectivity index is 1.45. The van der Waals surface area contributed by atoms with E-state index in [0.717, 1.165) is 6.07 Å². The van der Waals surface area contributed by atoms with E-state index in [2.05, 4.69) is 15.3 Å². The van der Waals surface area contributed by atoms with E-state index < -0.39 is 23.6 Å². The third-order valence-corrected chi connectivity index (χ3v) is 6.61. The van der Waals surface area contributed by atoms with Gasteiger partial charge in [-0.3, -0.25) is 19.4 Å². The predicted molar refractivity (Wildman–Crippen MR) is 132 cm³/mol. The van der Waals surface area contributed by atoms with Crippen LogP contribution in [0.15, 0.2) is 48.8 Å². The van der Waals surface area contributed by atoms with Gasteiger partial charge in [-0.15, -0.1) is 0 Å². The van der Waals surface area contributed by atoms with Crippen LogP contribution in [0.3, 0.4) is 0 Å². The molecule has 2 aromatic heterocycles. The Labute approximate surface area is 221 Å². The van der Waals surface area contributed by atoms with Gasteiger partial charge in [-0.1, -0.05) is 17.7 Å². The summed E-state index contributed by atoms with van der Waals surface area (Å²) < 4.78 is 44.2. The highest BCUT2D eigenvalue weighted by atomic mass is 35.5. The number of ketones is 2. The summed E-state index contributed by atoms with van der Waals surface area (Å²) in [5.74, 6) is -2.19. The van der Waals surface area contributed by atoms with Crippen LogP contribution in [0.1, 0.15) is 51.5 Å². The molecule has 1 fully saturated rings. The normalized spacial score (nSPS) is 17.5. The fraction of sp³-hybridized carbons (Fsp3) is 0.296. The van der Waals surface area contributed by atoms with Crippen LogP contribution in [0, 0.1) is 19.8 Å². The summed E-state index contributed by atoms with van der Waals surface area (Å²) >= 11 is 5.94. The maximum atomic E-state index is 13.2. The van der Waals surface area contributed by atoms with Crippen molar-refractivity contribution in [3.63, 3.8) is 0 Å². The SMILES string of the molecule is Cc1cc(Oc2ncc(C(F)(F)F)cc2Cl)cc(C)c1C1C(=O)CC(CCNC(=O)c2ccccn2)C1=O. The van der Waals surface area contributed by atoms with Gasteiger partial charge in [-0.05, 0) is 67.3 Å². The maximum Gasteiger partial charge on any atom is 0.417 e. The van der Waals surface area contributed by atoms with Gasteiger partial charge in [-0.25, -0.2) is 4.98 Å². The van der Waals surface area contributed by atoms with Crippen molar-refractivity contribution in [1.29, 1.82) is 0 Å². The van der Waals surface area contributed by atoms with E-state index in [0.29, 0.717) is 29.3 Å². The molecular weight excluding hydrogens is 523 g/mol. The third kappa shape index (κ3) is 5.85. The number of aryl methyl sites for hydroxylation is 2. The molecule has 1 aromatic carbocycles. The molecule has 0 bridgehead atoms. The number of nitrogens with zero attached hydrogens (tertiary/aromatic N) is 2. The summed E-state index contributed by atoms with van der Waals surface area (Å²) in [4.78, 5) is 45.9. The molecule has 1 aliphatic carbocycles. The fourth-order valence-electron chi connectivity index (χ4n) is 4.57. The first-order valence-corrected chi connectivity index (χ1v) is 12.1. The van der Waals surface area contributed by atoms with Gasteiger partial charge in [0.25, 0.3) is 5.91 Å². The van der Waals surface area contributed by atoms with E-state index in [1.807, 2.05) is 0 Å². The average molecular weight is 546 g/mol. The molecule has 2 unspecified atom stereocenters. The summed E-state index contributed by atoms with van der Waals surface area (Å²) in [5.41, 5.74) is 1.05. The highest BCUT2D eigenvalue weighted by Crippen LogP contribution is 2.40. The monoisotopic (exact) mass is 545 g/mol. The van der Waals surface area contributed by atoms with E-state index in [-0.39, 0.29) is 52.8 Å². The van der Waals surface area contributed by atoms with Crippen LogP contribution in [0.5, 0.6) is 11.6 Å². The minimum absolute atomic E-state index is 0.0746. The molecule has 0 saturated heterocycles. The Morgan fingerprint density at radius 3 is 2.45 bits per heavy atom. The van der Waals surface area contributed by atoms with Gasteiger partial charge in [0.2, 0.25) is 5.88 Å². The van der Waals surface area contributed by atoms with Gasteiger partial charge in [-0.2, -0.15) is 13.2 Å². The van der Waals surface area contributed by atoms with Crippen molar-refractivity contribution >= 4 is 29.1 Å². The summed E-state index contributed by atoms with van der Waals surface area (Å²) in [6.07, 6.45) is -2.06. The van der Waals surface area contributed by atoms with Gasteiger partial charge in [0.1, 0.15) is 28.2 Å². The Morgan fingerprint density at radius 1 is 1.13 bits per heavy atom. The number of carbonyl (C=O) groups excluding carboxylic acids is 3. The molecule has 198 valence electrons. The Morgan fingerprint density at radius 2 is 1.84 bits per heavy atom. The predicted octanol–water partition coefficient (Wildman–Crippen LogP) is 5.62. The molecule has 4 rings (SSSR count). The van der Waals surface area contributed by atoms with Crippen molar-refractivity contribution in [3.8, 4) is 11.6 Å². The third-order valence-electron chi connectivity index (χ3n) is 6.34. The number of pyridine rings is 2. The van der Waals surface area contributed by atoms with E-state index in [1.54, 1.807) is 44.2 Å². The molecule has 7 nitrogen and oxygen atoms in total. The van der Waals surface area contributed by atoms with Crippen molar-refractivity contribution in [1.82, 2.24) is 15.3 Å². The lowest BCUT2D eigenvalue weighted by Gasteiger charge is -2.18. The van der Waals surface area contributed by atoms with Crippen molar-refractivity contribution in [3.05, 3.63) is 81.8 Å². The van der Waals surface area contributed by atoms with E-state index in [9.17, 15) is 27.6 Å². The molecule has 0 spiro atoms. The van der Waals surface area contributed by atoms with Gasteiger partial charge >= 0.3 is 6.18 Å². The molecule has 0 radical (unpaired) electrons. The topological polar surface area (TPSA) is 98.2 Å². The van der Waals surface area contributed by atoms with Crippen molar-refractivity contribution in [2.24, 2.45) is 5.92 Å². The smallest absolute Gasteiger partial charge is 0.417 e. The summed E-state index contributed by atoms with van der Waals surface area (Å²) in [6.45, 7) is 3.66. The van der Waals surface area contributed by atoms with Gasteiger partial charge in [0.15, 0.2) is 5.78 Å². The molecule has 11 heteroatoms. The zero-order valence-corrected chi connectivity index (χ0v) is 21.2. The lowest BCUT2D eigenvalue weighted by molar-refractivity contribution is -0.137. The number of amides is 1. The molecule has 2 heterocycles. The molecule has 2 atom stereocenters. The average Bonchev–Trinajstić information content (AvgIpc) is 3.13. The Kier molecular flexibility index (Phi) is 7.82. The maximum absolute atomic E-state index is 13.2. The van der Waals surface area contributed by atoms with Crippen LogP contribution in [-0.4, -0.2) is 34.0 Å². The number of Topliss-reactive ketones (excluding diaryl/α,β-unsaturated/α-hetero) is 2. The van der Waals surface area contributed by atoms with E-state index in [1.165, 1.54) is 6.20 Å². The number of ether oxygens (including phenoxy) is 1. The summed E-state index contributed by atoms with van der Waals surface area (Å²) in [7, 11) is 0. The lowest BCUT2D eigenvalue weighted by Crippen LogP contribution is -2.27. The minimum Gasteiger partial charge on any atom is -0.438 e. The number of aromatic nitrogens is 2. The molecule has 38 heavy (non-hydrogen) atoms. The largest absolute Gasteiger partial charge is 0.438 e. The first-order valence-electron chi connectivity index (χ1n) is 11.7. The number of benzene rings is 1. The highest BCUT2D eigenvalue weighted by molar-refractivity contribution is 6.31. The van der Waals surface area contributed by atoms with Gasteiger partial charge in [0, 0.05) is 31.3 Å². The number of hydrogen-bond donors (Lipinski definition) is 1. The number of alkyl halides is 3. The van der Waals surface area contributed by atoms with Crippen LogP contribution >= 0.6 is 11.6 Å². The zero-order chi connectivity index (χ0) is 27.6. The molecule has 1 aliphatic rings. The fourth-order valence-corrected chi connectivity index (χ4v) is 4.77. The number of halogens is 4. The number of nitrogens with one attached hydrogen (secondary N) is 1. The van der Waals surface area contributed by atoms with Gasteiger partial charge < -0.3 is 10.1 Å². The molecule has 1 amide bonds. The second-order valence-electron chi connectivity index (χ2n) is 9.04. The molecule has 3 aromatic rings. The molecular formula is C27H23ClF3N3O4. The number of hydrogen-bond acceptors (Lipinski definition) is 6. The van der Waals surface area contributed by atoms with Crippen LogP contribution in [0.2, 0.25) is 5.02 Å². The lowest BCUT2D eigenvalue weighted by atomic mass is 9.87. The van der Waals surface area contributed by atoms with Crippen LogP contribution in [0.25, 0.3) is 0 Å². The second-order valence-corrected chi connectivity index (χ2v) is 9.45. The molecule has 0 aliphatic heterocycles. The zero-order valence-electron chi connectivity index (χ0n) is 20.4. The summed E-state index contributed by atoms with van der Waals surface area (Å²) in [5, 5.41) is 2.42. The first-order chi connectivity index (χ1) is 18.0. The molecule has 1 saturated carbocycles. The van der Waals surface area contributed by atoms with Crippen molar-refractivity contribution < 1.29 is 32.3 Å². The summed E-state index contributed by atoms with van der Waals surface area (Å²) in [6, 6.07) is 8.87. The van der Waals surface area contributed by atoms with Crippen molar-refractivity contribution in [2.45, 2.75) is 38.8 Å². The first kappa shape index (κ1) is 27.3. The van der Waals surface area contributed by atoms with E-state index >= 15 is 0 Å². The minimum atomic E-state index is -4.59. The van der Waals surface area contributed by atoms with Crippen LogP contribution in [-0.2, 0) is 15.8 Å². The number of carbonyl (C=O) groups is 3. The van der Waals surface area contributed by atoms with E-state index in [4.69, 9.17) is 16.3 Å². The van der Waals surface area contributed by atoms with Crippen LogP contribution in [0.4, 0.5) is 13.2 Å². The highest BCUT2D eigenvalue weighted by Gasteiger charge is 2.43. The number of rotatable bonds is 7. The van der Waals surface area contributed by atoms with Crippen molar-refractivity contribution in [2.75, 3.05) is 6.54 Å². The Hall–Kier alpha value is -3.79. The standard InChI is InChI=1S/C27H23ClF3N3O4/c1-14-9-18(38-26-19(28)12-17(13-34-26)27(29,30)31)10-15(2)22(14)23-21(35)11-16(24(23)36)6-8-33-25(37)20-5-3-4-7-32-20/h3-5,7,9-10,12-13,16,23H,6,8,11H2,1-2H3,(H,33,37). The quantitative estimate of drug-likeness (QED) is 0.387. The Bertz CT molecular complexity index is 1370. The van der Waals surface area contributed by atoms with Gasteiger partial charge in [0.05, 0.1) is 5.56 Å². The van der Waals surface area contributed by atoms with Crippen LogP contribution < -0.4 is 10.1 Å². The second kappa shape index (κ2) is 10.9.